The molecule has 19 heavy (non-hydrogen) atoms. The van der Waals surface area contributed by atoms with Crippen LogP contribution in [0.4, 0.5) is 0 Å². The van der Waals surface area contributed by atoms with Crippen molar-refractivity contribution in [2.45, 2.75) is 0 Å². The zero-order valence-electron chi connectivity index (χ0n) is 10.5. The van der Waals surface area contributed by atoms with E-state index < -0.39 is 0 Å². The van der Waals surface area contributed by atoms with E-state index in [1.807, 2.05) is 18.2 Å². The first-order valence-electron chi connectivity index (χ1n) is 5.71. The fourth-order valence-electron chi connectivity index (χ4n) is 1.98. The van der Waals surface area contributed by atoms with Crippen molar-refractivity contribution in [1.29, 1.82) is 0 Å². The van der Waals surface area contributed by atoms with Crippen molar-refractivity contribution in [1.82, 2.24) is 20.2 Å². The highest BCUT2D eigenvalue weighted by Crippen LogP contribution is 2.37. The summed E-state index contributed by atoms with van der Waals surface area (Å²) in [6.45, 7) is 0. The minimum absolute atomic E-state index is 0.666. The van der Waals surface area contributed by atoms with Gasteiger partial charge in [-0.25, -0.2) is 4.98 Å². The van der Waals surface area contributed by atoms with E-state index >= 15 is 0 Å². The Balaban J connectivity index is 2.25. The summed E-state index contributed by atoms with van der Waals surface area (Å²) in [4.78, 5) is 7.67. The van der Waals surface area contributed by atoms with Gasteiger partial charge in [-0.05, 0) is 12.1 Å². The SMILES string of the molecule is COc1cccc(OC)c1-c1nc2cnncc2[nH]1. The average molecular weight is 256 g/mol. The van der Waals surface area contributed by atoms with Gasteiger partial charge in [0.25, 0.3) is 0 Å². The minimum atomic E-state index is 0.666. The summed E-state index contributed by atoms with van der Waals surface area (Å²) in [5, 5.41) is 7.63. The summed E-state index contributed by atoms with van der Waals surface area (Å²) in [6, 6.07) is 5.59. The smallest absolute Gasteiger partial charge is 0.146 e. The van der Waals surface area contributed by atoms with Crippen LogP contribution in [0.3, 0.4) is 0 Å². The van der Waals surface area contributed by atoms with E-state index in [-0.39, 0.29) is 0 Å². The van der Waals surface area contributed by atoms with Crippen LogP contribution < -0.4 is 9.47 Å². The van der Waals surface area contributed by atoms with Crippen molar-refractivity contribution < 1.29 is 9.47 Å². The van der Waals surface area contributed by atoms with Gasteiger partial charge in [-0.2, -0.15) is 10.2 Å². The molecule has 96 valence electrons. The van der Waals surface area contributed by atoms with Crippen molar-refractivity contribution in [2.24, 2.45) is 0 Å². The molecule has 6 heteroatoms. The predicted molar refractivity (Wildman–Crippen MR) is 70.2 cm³/mol. The van der Waals surface area contributed by atoms with Gasteiger partial charge in [-0.15, -0.1) is 0 Å². The molecule has 2 heterocycles. The molecule has 0 aliphatic carbocycles. The van der Waals surface area contributed by atoms with Crippen LogP contribution in [0.25, 0.3) is 22.4 Å². The predicted octanol–water partition coefficient (Wildman–Crippen LogP) is 2.04. The summed E-state index contributed by atoms with van der Waals surface area (Å²) < 4.78 is 10.7. The number of aromatic amines is 1. The van der Waals surface area contributed by atoms with Crippen molar-refractivity contribution in [3.8, 4) is 22.9 Å². The van der Waals surface area contributed by atoms with Gasteiger partial charge in [-0.1, -0.05) is 6.07 Å². The number of hydrogen-bond acceptors (Lipinski definition) is 5. The Labute approximate surface area is 109 Å². The zero-order chi connectivity index (χ0) is 13.2. The molecular formula is C13H12N4O2. The van der Waals surface area contributed by atoms with Crippen LogP contribution in [0.2, 0.25) is 0 Å². The van der Waals surface area contributed by atoms with Crippen molar-refractivity contribution >= 4 is 11.0 Å². The third-order valence-corrected chi connectivity index (χ3v) is 2.86. The largest absolute Gasteiger partial charge is 0.496 e. The zero-order valence-corrected chi connectivity index (χ0v) is 10.5. The second-order valence-corrected chi connectivity index (χ2v) is 3.91. The van der Waals surface area contributed by atoms with Crippen molar-refractivity contribution in [3.63, 3.8) is 0 Å². The van der Waals surface area contributed by atoms with Crippen LogP contribution in [0.1, 0.15) is 0 Å². The standard InChI is InChI=1S/C13H12N4O2/c1-18-10-4-3-5-11(19-2)12(10)13-16-8-6-14-15-7-9(8)17-13/h3-7H,1-2H3,(H,16,17). The summed E-state index contributed by atoms with van der Waals surface area (Å²) in [6.07, 6.45) is 3.24. The Morgan fingerprint density at radius 1 is 1.00 bits per heavy atom. The third-order valence-electron chi connectivity index (χ3n) is 2.86. The van der Waals surface area contributed by atoms with Gasteiger partial charge in [0.15, 0.2) is 0 Å². The number of imidazole rings is 1. The van der Waals surface area contributed by atoms with E-state index in [9.17, 15) is 0 Å². The van der Waals surface area contributed by atoms with E-state index in [0.717, 1.165) is 16.6 Å². The number of fused-ring (bicyclic) bond motifs is 1. The molecule has 0 amide bonds. The van der Waals surface area contributed by atoms with Crippen molar-refractivity contribution in [2.75, 3.05) is 14.2 Å². The Bertz CT molecular complexity index is 668. The first kappa shape index (κ1) is 11.5. The molecule has 1 N–H and O–H groups in total. The van der Waals surface area contributed by atoms with Gasteiger partial charge in [0.2, 0.25) is 0 Å². The van der Waals surface area contributed by atoms with Gasteiger partial charge in [0.1, 0.15) is 28.4 Å². The number of methoxy groups -OCH3 is 2. The molecule has 0 bridgehead atoms. The van der Waals surface area contributed by atoms with Gasteiger partial charge >= 0.3 is 0 Å². The highest BCUT2D eigenvalue weighted by molar-refractivity contribution is 5.81. The number of benzene rings is 1. The lowest BCUT2D eigenvalue weighted by molar-refractivity contribution is 0.397. The number of H-pyrrole nitrogens is 1. The van der Waals surface area contributed by atoms with Gasteiger partial charge < -0.3 is 14.5 Å². The number of ether oxygens (including phenoxy) is 2. The maximum atomic E-state index is 5.37. The molecule has 1 aromatic carbocycles. The van der Waals surface area contributed by atoms with Crippen LogP contribution >= 0.6 is 0 Å². The maximum absolute atomic E-state index is 5.37. The highest BCUT2D eigenvalue weighted by Gasteiger charge is 2.16. The van der Waals surface area contributed by atoms with Crippen LogP contribution in [0, 0.1) is 0 Å². The van der Waals surface area contributed by atoms with Crippen LogP contribution in [0.5, 0.6) is 11.5 Å². The molecule has 0 atom stereocenters. The fraction of sp³-hybridized carbons (Fsp3) is 0.154. The van der Waals surface area contributed by atoms with Crippen LogP contribution in [-0.4, -0.2) is 34.4 Å². The first-order chi connectivity index (χ1) is 9.33. The molecule has 2 aromatic heterocycles. The Morgan fingerprint density at radius 2 is 1.68 bits per heavy atom. The Hall–Kier alpha value is -2.63. The average Bonchev–Trinajstić information content (AvgIpc) is 2.89. The minimum Gasteiger partial charge on any atom is -0.496 e. The molecule has 6 nitrogen and oxygen atoms in total. The van der Waals surface area contributed by atoms with E-state index in [2.05, 4.69) is 20.2 Å². The maximum Gasteiger partial charge on any atom is 0.146 e. The summed E-state index contributed by atoms with van der Waals surface area (Å²) >= 11 is 0. The second kappa shape index (κ2) is 4.56. The molecule has 0 radical (unpaired) electrons. The fourth-order valence-corrected chi connectivity index (χ4v) is 1.98. The topological polar surface area (TPSA) is 72.9 Å². The van der Waals surface area contributed by atoms with Crippen LogP contribution in [0.15, 0.2) is 30.6 Å². The summed E-state index contributed by atoms with van der Waals surface area (Å²) in [5.74, 6) is 2.05. The van der Waals surface area contributed by atoms with Crippen LogP contribution in [-0.2, 0) is 0 Å². The molecular weight excluding hydrogens is 244 g/mol. The number of nitrogens with zero attached hydrogens (tertiary/aromatic N) is 3. The summed E-state index contributed by atoms with van der Waals surface area (Å²) in [5.41, 5.74) is 2.35. The number of hydrogen-bond donors (Lipinski definition) is 1. The highest BCUT2D eigenvalue weighted by atomic mass is 16.5. The molecule has 3 aromatic rings. The van der Waals surface area contributed by atoms with Gasteiger partial charge in [0, 0.05) is 0 Å². The molecule has 3 rings (SSSR count). The van der Waals surface area contributed by atoms with Crippen molar-refractivity contribution in [3.05, 3.63) is 30.6 Å². The lowest BCUT2D eigenvalue weighted by atomic mass is 10.1. The monoisotopic (exact) mass is 256 g/mol. The molecule has 0 saturated heterocycles. The van der Waals surface area contributed by atoms with E-state index in [0.29, 0.717) is 17.3 Å². The summed E-state index contributed by atoms with van der Waals surface area (Å²) in [7, 11) is 3.23. The van der Waals surface area contributed by atoms with E-state index in [1.165, 1.54) is 0 Å². The van der Waals surface area contributed by atoms with E-state index in [1.54, 1.807) is 26.6 Å². The van der Waals surface area contributed by atoms with E-state index in [4.69, 9.17) is 9.47 Å². The number of aromatic nitrogens is 4. The molecule has 0 aliphatic rings. The third kappa shape index (κ3) is 1.87. The lowest BCUT2D eigenvalue weighted by Gasteiger charge is -2.10. The Morgan fingerprint density at radius 3 is 2.32 bits per heavy atom. The molecule has 0 spiro atoms. The van der Waals surface area contributed by atoms with Gasteiger partial charge in [0.05, 0.1) is 32.1 Å². The Kier molecular flexibility index (Phi) is 2.75. The molecule has 0 saturated carbocycles. The number of rotatable bonds is 3. The molecule has 0 fully saturated rings. The normalized spacial score (nSPS) is 10.6. The second-order valence-electron chi connectivity index (χ2n) is 3.91. The first-order valence-corrected chi connectivity index (χ1v) is 5.71. The van der Waals surface area contributed by atoms with Gasteiger partial charge in [-0.3, -0.25) is 0 Å². The quantitative estimate of drug-likeness (QED) is 0.776. The molecule has 0 aliphatic heterocycles. The number of nitrogens with one attached hydrogen (secondary N) is 1. The lowest BCUT2D eigenvalue weighted by Crippen LogP contribution is -1.93. The molecule has 0 unspecified atom stereocenters.